The minimum Gasteiger partial charge on any atom is -0.337 e. The van der Waals surface area contributed by atoms with E-state index in [1.54, 1.807) is 18.2 Å². The van der Waals surface area contributed by atoms with Crippen LogP contribution >= 0.6 is 12.2 Å². The maximum atomic E-state index is 13.7. The first-order valence-corrected chi connectivity index (χ1v) is 6.15. The van der Waals surface area contributed by atoms with Gasteiger partial charge in [0.15, 0.2) is 4.77 Å². The lowest BCUT2D eigenvalue weighted by atomic mass is 10.2. The molecule has 0 spiro atoms. The van der Waals surface area contributed by atoms with Crippen LogP contribution in [-0.4, -0.2) is 9.97 Å². The van der Waals surface area contributed by atoms with Gasteiger partial charge in [0.2, 0.25) is 0 Å². The van der Waals surface area contributed by atoms with Crippen LogP contribution in [0.4, 0.5) is 15.9 Å². The highest BCUT2D eigenvalue weighted by molar-refractivity contribution is 7.71. The first-order valence-electron chi connectivity index (χ1n) is 5.75. The third-order valence-electron chi connectivity index (χ3n) is 2.76. The number of halogens is 1. The Bertz CT molecular complexity index is 798. The summed E-state index contributed by atoms with van der Waals surface area (Å²) in [7, 11) is 0. The number of H-pyrrole nitrogens is 1. The Balaban J connectivity index is 2.15. The Morgan fingerprint density at radius 1 is 1.05 bits per heavy atom. The van der Waals surface area contributed by atoms with Crippen LogP contribution in [-0.2, 0) is 0 Å². The fourth-order valence-corrected chi connectivity index (χ4v) is 2.09. The average molecular weight is 271 g/mol. The number of hydrogen-bond donors (Lipinski definition) is 2. The smallest absolute Gasteiger partial charge is 0.199 e. The van der Waals surface area contributed by atoms with Gasteiger partial charge in [-0.15, -0.1) is 0 Å². The fraction of sp³-hybridized carbons (Fsp3) is 0. The molecule has 0 saturated carbocycles. The Labute approximate surface area is 114 Å². The lowest BCUT2D eigenvalue weighted by Gasteiger charge is -2.09. The van der Waals surface area contributed by atoms with E-state index >= 15 is 0 Å². The maximum Gasteiger partial charge on any atom is 0.199 e. The van der Waals surface area contributed by atoms with Crippen LogP contribution in [0.2, 0.25) is 0 Å². The highest BCUT2D eigenvalue weighted by Gasteiger charge is 2.06. The second kappa shape index (κ2) is 4.78. The van der Waals surface area contributed by atoms with Gasteiger partial charge in [-0.2, -0.15) is 0 Å². The van der Waals surface area contributed by atoms with Crippen molar-refractivity contribution >= 4 is 34.6 Å². The molecule has 0 fully saturated rings. The predicted molar refractivity (Wildman–Crippen MR) is 76.6 cm³/mol. The number of hydrogen-bond acceptors (Lipinski definition) is 3. The quantitative estimate of drug-likeness (QED) is 0.687. The Hall–Kier alpha value is -2.27. The Kier molecular flexibility index (Phi) is 2.97. The molecule has 0 amide bonds. The highest BCUT2D eigenvalue weighted by atomic mass is 32.1. The second-order valence-electron chi connectivity index (χ2n) is 4.04. The number of nitrogens with zero attached hydrogens (tertiary/aromatic N) is 1. The number of rotatable bonds is 2. The number of aromatic nitrogens is 2. The molecule has 0 bridgehead atoms. The largest absolute Gasteiger partial charge is 0.337 e. The van der Waals surface area contributed by atoms with E-state index in [4.69, 9.17) is 12.2 Å². The second-order valence-corrected chi connectivity index (χ2v) is 4.43. The zero-order valence-corrected chi connectivity index (χ0v) is 10.7. The average Bonchev–Trinajstić information content (AvgIpc) is 2.41. The van der Waals surface area contributed by atoms with Crippen molar-refractivity contribution in [3.8, 4) is 0 Å². The summed E-state index contributed by atoms with van der Waals surface area (Å²) < 4.78 is 14.0. The van der Waals surface area contributed by atoms with Crippen LogP contribution in [0.1, 0.15) is 0 Å². The van der Waals surface area contributed by atoms with E-state index in [1.807, 2.05) is 24.3 Å². The SMILES string of the molecule is Fc1ccccc1Nc1nc(=S)[nH]c2ccccc12. The Morgan fingerprint density at radius 3 is 2.63 bits per heavy atom. The Morgan fingerprint density at radius 2 is 1.79 bits per heavy atom. The lowest BCUT2D eigenvalue weighted by molar-refractivity contribution is 0.632. The van der Waals surface area contributed by atoms with E-state index in [1.165, 1.54) is 6.07 Å². The molecule has 0 radical (unpaired) electrons. The predicted octanol–water partition coefficient (Wildman–Crippen LogP) is 4.18. The monoisotopic (exact) mass is 271 g/mol. The van der Waals surface area contributed by atoms with Gasteiger partial charge in [-0.25, -0.2) is 9.37 Å². The normalized spacial score (nSPS) is 10.6. The van der Waals surface area contributed by atoms with E-state index in [9.17, 15) is 4.39 Å². The van der Waals surface area contributed by atoms with Gasteiger partial charge in [0.25, 0.3) is 0 Å². The van der Waals surface area contributed by atoms with Crippen LogP contribution in [0, 0.1) is 10.6 Å². The van der Waals surface area contributed by atoms with Crippen LogP contribution in [0.25, 0.3) is 10.9 Å². The molecule has 19 heavy (non-hydrogen) atoms. The van der Waals surface area contributed by atoms with Crippen molar-refractivity contribution in [2.24, 2.45) is 0 Å². The maximum absolute atomic E-state index is 13.7. The zero-order chi connectivity index (χ0) is 13.2. The number of benzene rings is 2. The molecule has 0 aliphatic rings. The van der Waals surface area contributed by atoms with E-state index in [-0.39, 0.29) is 5.82 Å². The molecule has 0 unspecified atom stereocenters. The van der Waals surface area contributed by atoms with Gasteiger partial charge in [0, 0.05) is 5.39 Å². The lowest BCUT2D eigenvalue weighted by Crippen LogP contribution is -1.98. The fourth-order valence-electron chi connectivity index (χ4n) is 1.89. The minimum atomic E-state index is -0.327. The highest BCUT2D eigenvalue weighted by Crippen LogP contribution is 2.24. The molecular formula is C14H10FN3S. The van der Waals surface area contributed by atoms with Gasteiger partial charge >= 0.3 is 0 Å². The van der Waals surface area contributed by atoms with Crippen molar-refractivity contribution in [3.05, 3.63) is 59.1 Å². The molecule has 94 valence electrons. The summed E-state index contributed by atoms with van der Waals surface area (Å²) in [5.41, 5.74) is 1.24. The summed E-state index contributed by atoms with van der Waals surface area (Å²) in [6, 6.07) is 14.1. The number of aromatic amines is 1. The summed E-state index contributed by atoms with van der Waals surface area (Å²) in [5.74, 6) is 0.219. The minimum absolute atomic E-state index is 0.327. The van der Waals surface area contributed by atoms with Crippen molar-refractivity contribution in [2.45, 2.75) is 0 Å². The topological polar surface area (TPSA) is 40.7 Å². The van der Waals surface area contributed by atoms with Crippen molar-refractivity contribution in [1.82, 2.24) is 9.97 Å². The zero-order valence-electron chi connectivity index (χ0n) is 9.85. The molecule has 2 N–H and O–H groups in total. The third kappa shape index (κ3) is 2.32. The standard InChI is InChI=1S/C14H10FN3S/c15-10-6-2-4-8-12(10)16-13-9-5-1-3-7-11(9)17-14(19)18-13/h1-8H,(H2,16,17,18,19). The summed E-state index contributed by atoms with van der Waals surface area (Å²) in [6.45, 7) is 0. The van der Waals surface area contributed by atoms with Gasteiger partial charge in [0.05, 0.1) is 11.2 Å². The van der Waals surface area contributed by atoms with Crippen LogP contribution in [0.3, 0.4) is 0 Å². The molecule has 3 aromatic rings. The van der Waals surface area contributed by atoms with E-state index in [0.29, 0.717) is 16.3 Å². The third-order valence-corrected chi connectivity index (χ3v) is 2.96. The summed E-state index contributed by atoms with van der Waals surface area (Å²) in [6.07, 6.45) is 0. The summed E-state index contributed by atoms with van der Waals surface area (Å²) in [4.78, 5) is 7.22. The summed E-state index contributed by atoms with van der Waals surface area (Å²) >= 11 is 5.08. The number of nitrogens with one attached hydrogen (secondary N) is 2. The molecule has 1 heterocycles. The summed E-state index contributed by atoms with van der Waals surface area (Å²) in [5, 5.41) is 3.84. The molecule has 5 heteroatoms. The first kappa shape index (κ1) is 11.8. The molecule has 0 aliphatic heterocycles. The molecular weight excluding hydrogens is 261 g/mol. The van der Waals surface area contributed by atoms with E-state index < -0.39 is 0 Å². The number of para-hydroxylation sites is 2. The number of fused-ring (bicyclic) bond motifs is 1. The van der Waals surface area contributed by atoms with Gasteiger partial charge < -0.3 is 10.3 Å². The number of anilines is 2. The molecule has 1 aromatic heterocycles. The van der Waals surface area contributed by atoms with E-state index in [2.05, 4.69) is 15.3 Å². The van der Waals surface area contributed by atoms with Gasteiger partial charge in [-0.1, -0.05) is 24.3 Å². The van der Waals surface area contributed by atoms with Crippen molar-refractivity contribution in [2.75, 3.05) is 5.32 Å². The molecule has 2 aromatic carbocycles. The van der Waals surface area contributed by atoms with Gasteiger partial charge in [-0.3, -0.25) is 0 Å². The molecule has 3 nitrogen and oxygen atoms in total. The molecule has 0 aliphatic carbocycles. The molecule has 0 saturated heterocycles. The van der Waals surface area contributed by atoms with Crippen LogP contribution in [0.15, 0.2) is 48.5 Å². The van der Waals surface area contributed by atoms with E-state index in [0.717, 1.165) is 10.9 Å². The first-order chi connectivity index (χ1) is 9.24. The van der Waals surface area contributed by atoms with Crippen molar-refractivity contribution in [1.29, 1.82) is 0 Å². The van der Waals surface area contributed by atoms with Gasteiger partial charge in [-0.05, 0) is 36.5 Å². The van der Waals surface area contributed by atoms with Gasteiger partial charge in [0.1, 0.15) is 11.6 Å². The van der Waals surface area contributed by atoms with Crippen molar-refractivity contribution in [3.63, 3.8) is 0 Å². The molecule has 0 atom stereocenters. The van der Waals surface area contributed by atoms with Crippen LogP contribution < -0.4 is 5.32 Å². The van der Waals surface area contributed by atoms with Crippen molar-refractivity contribution < 1.29 is 4.39 Å². The van der Waals surface area contributed by atoms with Crippen LogP contribution in [0.5, 0.6) is 0 Å². The molecule has 3 rings (SSSR count).